The highest BCUT2D eigenvalue weighted by Crippen LogP contribution is 2.41. The zero-order valence-electron chi connectivity index (χ0n) is 32.1. The van der Waals surface area contributed by atoms with Crippen LogP contribution in [0.5, 0.6) is 0 Å². The second-order valence-corrected chi connectivity index (χ2v) is 14.4. The van der Waals surface area contributed by atoms with Crippen molar-refractivity contribution in [2.24, 2.45) is 0 Å². The molecule has 0 aliphatic rings. The number of hydrogen-bond acceptors (Lipinski definition) is 3. The molecule has 10 rings (SSSR count). The summed E-state index contributed by atoms with van der Waals surface area (Å²) in [6, 6.07) is 61.6. The molecule has 10 aromatic rings. The van der Waals surface area contributed by atoms with Gasteiger partial charge in [-0.15, -0.1) is 6.58 Å². The van der Waals surface area contributed by atoms with Crippen molar-refractivity contribution in [3.63, 3.8) is 0 Å². The molecule has 0 radical (unpaired) electrons. The van der Waals surface area contributed by atoms with Gasteiger partial charge >= 0.3 is 0 Å². The van der Waals surface area contributed by atoms with Crippen molar-refractivity contribution in [1.29, 1.82) is 0 Å². The smallest absolute Gasteiger partial charge is 0.238 e. The van der Waals surface area contributed by atoms with Crippen molar-refractivity contribution in [3.8, 4) is 56.7 Å². The lowest BCUT2D eigenvalue weighted by atomic mass is 10.0. The molecule has 0 amide bonds. The molecule has 58 heavy (non-hydrogen) atoms. The van der Waals surface area contributed by atoms with Crippen LogP contribution in [0.2, 0.25) is 0 Å². The van der Waals surface area contributed by atoms with Gasteiger partial charge in [0.25, 0.3) is 0 Å². The second kappa shape index (κ2) is 14.8. The molecule has 0 saturated carbocycles. The first kappa shape index (κ1) is 34.8. The minimum atomic E-state index is 0.546. The van der Waals surface area contributed by atoms with Gasteiger partial charge in [-0.2, -0.15) is 9.97 Å². The monoisotopic (exact) mass is 745 g/mol. The van der Waals surface area contributed by atoms with Gasteiger partial charge in [-0.1, -0.05) is 170 Å². The van der Waals surface area contributed by atoms with E-state index in [0.717, 1.165) is 77.6 Å². The lowest BCUT2D eigenvalue weighted by Gasteiger charge is -2.14. The summed E-state index contributed by atoms with van der Waals surface area (Å²) in [5.74, 6) is 1.74. The van der Waals surface area contributed by atoms with Gasteiger partial charge in [-0.05, 0) is 65.4 Å². The Morgan fingerprint density at radius 3 is 1.52 bits per heavy atom. The quantitative estimate of drug-likeness (QED) is 0.138. The summed E-state index contributed by atoms with van der Waals surface area (Å²) in [5, 5.41) is 3.47. The average Bonchev–Trinajstić information content (AvgIpc) is 3.80. The Hall–Kier alpha value is -7.63. The number of allylic oxidation sites excluding steroid dienone is 2. The number of nitrogens with zero attached hydrogens (tertiary/aromatic N) is 5. The normalized spacial score (nSPS) is 11.6. The molecule has 0 unspecified atom stereocenters. The van der Waals surface area contributed by atoms with Crippen molar-refractivity contribution in [2.45, 2.75) is 13.3 Å². The van der Waals surface area contributed by atoms with Crippen molar-refractivity contribution in [1.82, 2.24) is 24.1 Å². The van der Waals surface area contributed by atoms with Crippen LogP contribution in [0.3, 0.4) is 0 Å². The molecule has 5 heteroatoms. The van der Waals surface area contributed by atoms with Crippen LogP contribution in [0.25, 0.3) is 95.5 Å². The van der Waals surface area contributed by atoms with Gasteiger partial charge in [0.15, 0.2) is 11.6 Å². The highest BCUT2D eigenvalue weighted by Gasteiger charge is 2.25. The zero-order chi connectivity index (χ0) is 39.0. The van der Waals surface area contributed by atoms with Crippen LogP contribution in [-0.4, -0.2) is 24.1 Å². The Balaban J connectivity index is 1.28. The summed E-state index contributed by atoms with van der Waals surface area (Å²) in [6.45, 7) is 6.25. The van der Waals surface area contributed by atoms with E-state index in [0.29, 0.717) is 24.0 Å². The fourth-order valence-corrected chi connectivity index (χ4v) is 8.26. The summed E-state index contributed by atoms with van der Waals surface area (Å²) in [6.07, 6.45) is 6.92. The number of aromatic nitrogens is 5. The largest absolute Gasteiger partial charge is 0.307 e. The molecule has 0 fully saturated rings. The molecule has 0 saturated heterocycles. The fraction of sp³-hybridized carbons (Fsp3) is 0.0377. The summed E-state index contributed by atoms with van der Waals surface area (Å²) in [7, 11) is 0. The van der Waals surface area contributed by atoms with Gasteiger partial charge in [0, 0.05) is 33.0 Å². The summed E-state index contributed by atoms with van der Waals surface area (Å²) >= 11 is 0. The number of para-hydroxylation sites is 2. The molecule has 3 heterocycles. The first-order chi connectivity index (χ1) is 28.7. The van der Waals surface area contributed by atoms with E-state index in [4.69, 9.17) is 15.0 Å². The van der Waals surface area contributed by atoms with Crippen LogP contribution in [0.15, 0.2) is 195 Å². The SMILES string of the molecule is C=CCc1c(/C=C\C)n(-c2nc(-c3ccc(-c4ccccc4)cc3)nc(-c3ccc(-c4ccccc4)cc3)n2)c2c1ccc1c3ccccc3n(-c3ccccc3)c12. The number of fused-ring (bicyclic) bond motifs is 5. The molecule has 0 aliphatic heterocycles. The highest BCUT2D eigenvalue weighted by molar-refractivity contribution is 6.19. The van der Waals surface area contributed by atoms with Crippen LogP contribution in [0, 0.1) is 0 Å². The van der Waals surface area contributed by atoms with E-state index in [2.05, 4.69) is 199 Å². The topological polar surface area (TPSA) is 48.5 Å². The van der Waals surface area contributed by atoms with Gasteiger partial charge < -0.3 is 4.57 Å². The van der Waals surface area contributed by atoms with Crippen LogP contribution < -0.4 is 0 Å². The summed E-state index contributed by atoms with van der Waals surface area (Å²) in [4.78, 5) is 15.9. The molecule has 3 aromatic heterocycles. The van der Waals surface area contributed by atoms with Crippen molar-refractivity contribution in [3.05, 3.63) is 206 Å². The Kier molecular flexibility index (Phi) is 8.88. The average molecular weight is 746 g/mol. The molecule has 276 valence electrons. The third kappa shape index (κ3) is 6.01. The predicted molar refractivity (Wildman–Crippen MR) is 241 cm³/mol. The van der Waals surface area contributed by atoms with Gasteiger partial charge in [-0.25, -0.2) is 4.98 Å². The Bertz CT molecular complexity index is 3020. The number of hydrogen-bond donors (Lipinski definition) is 0. The van der Waals surface area contributed by atoms with Crippen LogP contribution >= 0.6 is 0 Å². The summed E-state index contributed by atoms with van der Waals surface area (Å²) in [5.41, 5.74) is 12.9. The van der Waals surface area contributed by atoms with Crippen LogP contribution in [0.1, 0.15) is 18.2 Å². The van der Waals surface area contributed by atoms with E-state index in [-0.39, 0.29) is 0 Å². The second-order valence-electron chi connectivity index (χ2n) is 14.4. The Morgan fingerprint density at radius 2 is 0.948 bits per heavy atom. The van der Waals surface area contributed by atoms with E-state index < -0.39 is 0 Å². The zero-order valence-corrected chi connectivity index (χ0v) is 32.1. The van der Waals surface area contributed by atoms with Crippen molar-refractivity contribution in [2.75, 3.05) is 0 Å². The lowest BCUT2D eigenvalue weighted by molar-refractivity contribution is 0.921. The molecule has 7 aromatic carbocycles. The molecule has 0 N–H and O–H groups in total. The molecule has 0 aliphatic carbocycles. The van der Waals surface area contributed by atoms with Crippen LogP contribution in [-0.2, 0) is 6.42 Å². The van der Waals surface area contributed by atoms with Gasteiger partial charge in [0.1, 0.15) is 0 Å². The molecule has 0 atom stereocenters. The molecule has 5 nitrogen and oxygen atoms in total. The standard InChI is InChI=1S/C53H39N5/c1-3-16-43-45-34-35-46-44-24-14-15-25-48(44)57(42-22-12-7-13-23-42)49(46)50(45)58(47(43)17-4-2)53-55-51(40-30-26-38(27-31-40)36-18-8-5-9-19-36)54-52(56-53)41-32-28-39(29-33-41)37-20-10-6-11-21-37/h3-15,17-35H,1,16H2,2H3/b17-4-. The maximum absolute atomic E-state index is 5.37. The highest BCUT2D eigenvalue weighted by atomic mass is 15.2. The lowest BCUT2D eigenvalue weighted by Crippen LogP contribution is -2.09. The minimum absolute atomic E-state index is 0.546. The van der Waals surface area contributed by atoms with E-state index in [9.17, 15) is 0 Å². The maximum atomic E-state index is 5.37. The number of rotatable bonds is 9. The first-order valence-electron chi connectivity index (χ1n) is 19.7. The fourth-order valence-electron chi connectivity index (χ4n) is 8.26. The Labute approximate surface area is 337 Å². The summed E-state index contributed by atoms with van der Waals surface area (Å²) < 4.78 is 4.63. The van der Waals surface area contributed by atoms with Gasteiger partial charge in [0.05, 0.1) is 22.2 Å². The number of benzene rings is 7. The van der Waals surface area contributed by atoms with Crippen LogP contribution in [0.4, 0.5) is 0 Å². The molecule has 0 bridgehead atoms. The van der Waals surface area contributed by atoms with E-state index in [1.165, 1.54) is 5.39 Å². The third-order valence-electron chi connectivity index (χ3n) is 10.9. The van der Waals surface area contributed by atoms with Crippen molar-refractivity contribution >= 4 is 38.8 Å². The maximum Gasteiger partial charge on any atom is 0.238 e. The van der Waals surface area contributed by atoms with Crippen molar-refractivity contribution < 1.29 is 0 Å². The van der Waals surface area contributed by atoms with Gasteiger partial charge in [-0.3, -0.25) is 4.57 Å². The van der Waals surface area contributed by atoms with E-state index in [1.807, 2.05) is 18.2 Å². The first-order valence-corrected chi connectivity index (χ1v) is 19.7. The molecule has 0 spiro atoms. The predicted octanol–water partition coefficient (Wildman–Crippen LogP) is 13.3. The Morgan fingerprint density at radius 1 is 0.466 bits per heavy atom. The third-order valence-corrected chi connectivity index (χ3v) is 10.9. The van der Waals surface area contributed by atoms with E-state index in [1.54, 1.807) is 0 Å². The van der Waals surface area contributed by atoms with E-state index >= 15 is 0 Å². The van der Waals surface area contributed by atoms with Gasteiger partial charge in [0.2, 0.25) is 5.95 Å². The molecular weight excluding hydrogens is 707 g/mol. The molecular formula is C53H39N5. The minimum Gasteiger partial charge on any atom is -0.307 e.